The lowest BCUT2D eigenvalue weighted by molar-refractivity contribution is 0.547. The summed E-state index contributed by atoms with van der Waals surface area (Å²) in [6.07, 6.45) is 3.47. The van der Waals surface area contributed by atoms with Crippen molar-refractivity contribution < 1.29 is 0 Å². The van der Waals surface area contributed by atoms with Gasteiger partial charge in [0.2, 0.25) is 0 Å². The van der Waals surface area contributed by atoms with Crippen molar-refractivity contribution in [1.82, 2.24) is 14.8 Å². The van der Waals surface area contributed by atoms with Gasteiger partial charge in [-0.3, -0.25) is 9.67 Å². The van der Waals surface area contributed by atoms with Crippen molar-refractivity contribution in [3.8, 4) is 0 Å². The molecule has 0 atom stereocenters. The van der Waals surface area contributed by atoms with E-state index in [1.165, 1.54) is 0 Å². The van der Waals surface area contributed by atoms with Crippen molar-refractivity contribution in [2.45, 2.75) is 19.9 Å². The van der Waals surface area contributed by atoms with Crippen molar-refractivity contribution in [2.24, 2.45) is 0 Å². The number of fused-ring (bicyclic) bond motifs is 1. The normalized spacial score (nSPS) is 11.4. The molecule has 0 spiro atoms. The van der Waals surface area contributed by atoms with Crippen molar-refractivity contribution in [3.63, 3.8) is 0 Å². The van der Waals surface area contributed by atoms with Crippen LogP contribution in [0.5, 0.6) is 0 Å². The Balaban J connectivity index is 2.84. The Labute approximate surface area is 95.6 Å². The van der Waals surface area contributed by atoms with Gasteiger partial charge in [0, 0.05) is 6.04 Å². The van der Waals surface area contributed by atoms with Crippen LogP contribution in [0.1, 0.15) is 19.9 Å². The number of pyridine rings is 1. The third-order valence-electron chi connectivity index (χ3n) is 2.09. The summed E-state index contributed by atoms with van der Waals surface area (Å²) in [7, 11) is 0. The molecule has 0 fully saturated rings. The molecular formula is C9H11IN4. The van der Waals surface area contributed by atoms with E-state index in [0.29, 0.717) is 11.7 Å². The van der Waals surface area contributed by atoms with Crippen LogP contribution in [0, 0.1) is 3.70 Å². The standard InChI is InChI=1S/C9H11IN4/c1-5(2)14-7-4-12-3-6(11)8(7)9(10)13-14/h3-5H,11H2,1-2H3. The fraction of sp³-hybridized carbons (Fsp3) is 0.333. The van der Waals surface area contributed by atoms with Crippen LogP contribution >= 0.6 is 22.6 Å². The number of anilines is 1. The molecule has 4 nitrogen and oxygen atoms in total. The highest BCUT2D eigenvalue weighted by Gasteiger charge is 2.12. The molecular weight excluding hydrogens is 291 g/mol. The van der Waals surface area contributed by atoms with Crippen LogP contribution in [0.25, 0.3) is 10.9 Å². The number of nitrogen functional groups attached to an aromatic ring is 1. The number of nitrogens with zero attached hydrogens (tertiary/aromatic N) is 3. The Bertz CT molecular complexity index is 475. The van der Waals surface area contributed by atoms with Gasteiger partial charge in [0.1, 0.15) is 3.70 Å². The number of aromatic nitrogens is 3. The predicted molar refractivity (Wildman–Crippen MR) is 65.0 cm³/mol. The van der Waals surface area contributed by atoms with Crippen LogP contribution in [-0.2, 0) is 0 Å². The minimum absolute atomic E-state index is 0.324. The van der Waals surface area contributed by atoms with Gasteiger partial charge >= 0.3 is 0 Å². The molecule has 0 bridgehead atoms. The molecule has 0 saturated carbocycles. The average Bonchev–Trinajstić information content (AvgIpc) is 2.45. The molecule has 0 amide bonds. The Morgan fingerprint density at radius 1 is 1.43 bits per heavy atom. The van der Waals surface area contributed by atoms with Crippen molar-refractivity contribution in [2.75, 3.05) is 5.73 Å². The first-order valence-corrected chi connectivity index (χ1v) is 5.46. The van der Waals surface area contributed by atoms with E-state index in [-0.39, 0.29) is 0 Å². The molecule has 2 rings (SSSR count). The molecule has 74 valence electrons. The smallest absolute Gasteiger partial charge is 0.133 e. The minimum Gasteiger partial charge on any atom is -0.397 e. The van der Waals surface area contributed by atoms with E-state index in [0.717, 1.165) is 14.6 Å². The summed E-state index contributed by atoms with van der Waals surface area (Å²) in [5, 5.41) is 5.44. The first-order valence-electron chi connectivity index (χ1n) is 4.38. The van der Waals surface area contributed by atoms with Gasteiger partial charge in [-0.05, 0) is 36.4 Å². The Morgan fingerprint density at radius 3 is 2.79 bits per heavy atom. The van der Waals surface area contributed by atoms with Gasteiger partial charge in [-0.2, -0.15) is 5.10 Å². The first kappa shape index (κ1) is 9.70. The van der Waals surface area contributed by atoms with Crippen LogP contribution < -0.4 is 5.73 Å². The molecule has 2 aromatic heterocycles. The summed E-state index contributed by atoms with van der Waals surface area (Å²) in [5.74, 6) is 0. The number of hydrogen-bond acceptors (Lipinski definition) is 3. The summed E-state index contributed by atoms with van der Waals surface area (Å²) in [6.45, 7) is 4.18. The first-order chi connectivity index (χ1) is 6.61. The molecule has 0 aromatic carbocycles. The van der Waals surface area contributed by atoms with E-state index in [9.17, 15) is 0 Å². The van der Waals surface area contributed by atoms with Gasteiger partial charge in [0.05, 0.1) is 29.0 Å². The monoisotopic (exact) mass is 302 g/mol. The molecule has 0 radical (unpaired) electrons. The quantitative estimate of drug-likeness (QED) is 0.822. The molecule has 0 saturated heterocycles. The van der Waals surface area contributed by atoms with Crippen molar-refractivity contribution in [1.29, 1.82) is 0 Å². The maximum Gasteiger partial charge on any atom is 0.133 e. The maximum absolute atomic E-state index is 5.85. The number of rotatable bonds is 1. The SMILES string of the molecule is CC(C)n1nc(I)c2c(N)cncc21. The van der Waals surface area contributed by atoms with E-state index < -0.39 is 0 Å². The summed E-state index contributed by atoms with van der Waals surface area (Å²) in [5.41, 5.74) is 7.55. The van der Waals surface area contributed by atoms with E-state index in [1.54, 1.807) is 12.4 Å². The molecule has 0 unspecified atom stereocenters. The second-order valence-electron chi connectivity index (χ2n) is 3.45. The minimum atomic E-state index is 0.324. The Kier molecular flexibility index (Phi) is 2.34. The second kappa shape index (κ2) is 3.38. The molecule has 2 N–H and O–H groups in total. The van der Waals surface area contributed by atoms with Gasteiger partial charge < -0.3 is 5.73 Å². The summed E-state index contributed by atoms with van der Waals surface area (Å²) in [4.78, 5) is 4.08. The fourth-order valence-corrected chi connectivity index (χ4v) is 2.28. The molecule has 2 heterocycles. The second-order valence-corrected chi connectivity index (χ2v) is 4.47. The largest absolute Gasteiger partial charge is 0.397 e. The predicted octanol–water partition coefficient (Wildman–Crippen LogP) is 2.20. The maximum atomic E-state index is 5.85. The lowest BCUT2D eigenvalue weighted by Crippen LogP contribution is -2.02. The zero-order valence-electron chi connectivity index (χ0n) is 8.03. The number of halogens is 1. The highest BCUT2D eigenvalue weighted by Crippen LogP contribution is 2.26. The van der Waals surface area contributed by atoms with Gasteiger partial charge in [-0.1, -0.05) is 0 Å². The molecule has 14 heavy (non-hydrogen) atoms. The van der Waals surface area contributed by atoms with Crippen LogP contribution in [-0.4, -0.2) is 14.8 Å². The van der Waals surface area contributed by atoms with Crippen LogP contribution in [0.2, 0.25) is 0 Å². The molecule has 0 aliphatic heterocycles. The lowest BCUT2D eigenvalue weighted by Gasteiger charge is -2.06. The summed E-state index contributed by atoms with van der Waals surface area (Å²) in [6, 6.07) is 0.324. The zero-order chi connectivity index (χ0) is 10.3. The topological polar surface area (TPSA) is 56.7 Å². The molecule has 2 aromatic rings. The van der Waals surface area contributed by atoms with Gasteiger partial charge in [0.15, 0.2) is 0 Å². The third-order valence-corrected chi connectivity index (χ3v) is 2.85. The van der Waals surface area contributed by atoms with E-state index >= 15 is 0 Å². The number of hydrogen-bond donors (Lipinski definition) is 1. The van der Waals surface area contributed by atoms with E-state index in [4.69, 9.17) is 5.73 Å². The molecule has 0 aliphatic rings. The zero-order valence-corrected chi connectivity index (χ0v) is 10.2. The van der Waals surface area contributed by atoms with E-state index in [1.807, 2.05) is 4.68 Å². The van der Waals surface area contributed by atoms with Crippen LogP contribution in [0.3, 0.4) is 0 Å². The van der Waals surface area contributed by atoms with Crippen molar-refractivity contribution >= 4 is 39.2 Å². The summed E-state index contributed by atoms with van der Waals surface area (Å²) >= 11 is 2.20. The average molecular weight is 302 g/mol. The highest BCUT2D eigenvalue weighted by molar-refractivity contribution is 14.1. The lowest BCUT2D eigenvalue weighted by atomic mass is 10.3. The van der Waals surface area contributed by atoms with Gasteiger partial charge in [0.25, 0.3) is 0 Å². The Hall–Kier alpha value is -0.850. The van der Waals surface area contributed by atoms with Gasteiger partial charge in [-0.25, -0.2) is 0 Å². The van der Waals surface area contributed by atoms with E-state index in [2.05, 4.69) is 46.5 Å². The van der Waals surface area contributed by atoms with Gasteiger partial charge in [-0.15, -0.1) is 0 Å². The molecule has 0 aliphatic carbocycles. The Morgan fingerprint density at radius 2 is 2.14 bits per heavy atom. The number of nitrogens with two attached hydrogens (primary N) is 1. The van der Waals surface area contributed by atoms with Crippen LogP contribution in [0.4, 0.5) is 5.69 Å². The molecule has 5 heteroatoms. The summed E-state index contributed by atoms with van der Waals surface area (Å²) < 4.78 is 2.88. The van der Waals surface area contributed by atoms with Crippen LogP contribution in [0.15, 0.2) is 12.4 Å². The van der Waals surface area contributed by atoms with Crippen molar-refractivity contribution in [3.05, 3.63) is 16.1 Å². The third kappa shape index (κ3) is 1.35. The highest BCUT2D eigenvalue weighted by atomic mass is 127. The fourth-order valence-electron chi connectivity index (χ4n) is 1.46.